The fraction of sp³-hybridized carbons (Fsp3) is 0.200. The summed E-state index contributed by atoms with van der Waals surface area (Å²) in [4.78, 5) is 11.4. The highest BCUT2D eigenvalue weighted by molar-refractivity contribution is 7.18. The number of hydrogen-bond acceptors (Lipinski definition) is 3. The van der Waals surface area contributed by atoms with E-state index in [1.165, 1.54) is 16.0 Å². The molecule has 3 aromatic rings. The zero-order valence-electron chi connectivity index (χ0n) is 10.4. The van der Waals surface area contributed by atoms with Crippen molar-refractivity contribution in [3.63, 3.8) is 0 Å². The second kappa shape index (κ2) is 4.02. The Morgan fingerprint density at radius 3 is 2.95 bits per heavy atom. The molecule has 1 atom stereocenters. The molecule has 2 aromatic heterocycles. The summed E-state index contributed by atoms with van der Waals surface area (Å²) in [6, 6.07) is 10.5. The molecule has 4 rings (SSSR count). The summed E-state index contributed by atoms with van der Waals surface area (Å²) in [6.45, 7) is 2.07. The maximum absolute atomic E-state index is 6.28. The van der Waals surface area contributed by atoms with Crippen LogP contribution in [0.1, 0.15) is 27.7 Å². The van der Waals surface area contributed by atoms with Gasteiger partial charge >= 0.3 is 0 Å². The van der Waals surface area contributed by atoms with E-state index >= 15 is 0 Å². The summed E-state index contributed by atoms with van der Waals surface area (Å²) in [5.74, 6) is 1.17. The van der Waals surface area contributed by atoms with Gasteiger partial charge in [-0.2, -0.15) is 0 Å². The second-order valence-electron chi connectivity index (χ2n) is 4.90. The van der Waals surface area contributed by atoms with Gasteiger partial charge in [-0.15, -0.1) is 11.3 Å². The minimum absolute atomic E-state index is 0.306. The van der Waals surface area contributed by atoms with E-state index in [-0.39, 0.29) is 0 Å². The molecule has 1 unspecified atom stereocenters. The third-order valence-corrected chi connectivity index (χ3v) is 4.89. The summed E-state index contributed by atoms with van der Waals surface area (Å²) in [7, 11) is 0. The average Bonchev–Trinajstić information content (AvgIpc) is 2.72. The molecule has 2 nitrogen and oxygen atoms in total. The van der Waals surface area contributed by atoms with Gasteiger partial charge in [-0.05, 0) is 30.5 Å². The van der Waals surface area contributed by atoms with Crippen molar-refractivity contribution in [2.45, 2.75) is 19.3 Å². The van der Waals surface area contributed by atoms with Gasteiger partial charge in [-0.3, -0.25) is 0 Å². The first-order valence-electron chi connectivity index (χ1n) is 6.24. The maximum Gasteiger partial charge on any atom is 0.141 e. The highest BCUT2D eigenvalue weighted by atomic mass is 35.5. The summed E-state index contributed by atoms with van der Waals surface area (Å²) in [5, 5.41) is 1.55. The van der Waals surface area contributed by atoms with Gasteiger partial charge in [-0.1, -0.05) is 35.9 Å². The molecular formula is C15H11ClN2S. The van der Waals surface area contributed by atoms with Crippen molar-refractivity contribution < 1.29 is 0 Å². The van der Waals surface area contributed by atoms with Crippen LogP contribution in [-0.4, -0.2) is 9.97 Å². The lowest BCUT2D eigenvalue weighted by molar-refractivity contribution is 0.664. The first-order valence-corrected chi connectivity index (χ1v) is 7.43. The van der Waals surface area contributed by atoms with Gasteiger partial charge in [0.25, 0.3) is 0 Å². The van der Waals surface area contributed by atoms with Crippen LogP contribution in [0.5, 0.6) is 0 Å². The Labute approximate surface area is 120 Å². The second-order valence-corrected chi connectivity index (χ2v) is 6.50. The number of benzene rings is 1. The van der Waals surface area contributed by atoms with Crippen LogP contribution in [0.25, 0.3) is 10.2 Å². The van der Waals surface area contributed by atoms with E-state index in [9.17, 15) is 0 Å². The van der Waals surface area contributed by atoms with Crippen LogP contribution in [0.2, 0.25) is 5.15 Å². The Bertz CT molecular complexity index is 794. The number of aryl methyl sites for hydroxylation is 1. The monoisotopic (exact) mass is 286 g/mol. The van der Waals surface area contributed by atoms with Gasteiger partial charge in [0, 0.05) is 16.2 Å². The number of aromatic nitrogens is 2. The average molecular weight is 287 g/mol. The highest BCUT2D eigenvalue weighted by Crippen LogP contribution is 2.40. The zero-order valence-corrected chi connectivity index (χ0v) is 11.9. The number of nitrogens with zero attached hydrogens (tertiary/aromatic N) is 2. The molecule has 1 aliphatic rings. The lowest BCUT2D eigenvalue weighted by atomic mass is 9.77. The van der Waals surface area contributed by atoms with Crippen molar-refractivity contribution in [3.8, 4) is 0 Å². The van der Waals surface area contributed by atoms with Gasteiger partial charge in [-0.25, -0.2) is 9.97 Å². The van der Waals surface area contributed by atoms with E-state index in [4.69, 9.17) is 16.6 Å². The van der Waals surface area contributed by atoms with Crippen molar-refractivity contribution in [2.75, 3.05) is 0 Å². The van der Waals surface area contributed by atoms with E-state index in [1.807, 2.05) is 0 Å². The van der Waals surface area contributed by atoms with Crippen molar-refractivity contribution in [1.29, 1.82) is 0 Å². The first kappa shape index (κ1) is 11.4. The Balaban J connectivity index is 1.85. The molecule has 94 valence electrons. The normalized spacial score (nSPS) is 17.3. The smallest absolute Gasteiger partial charge is 0.141 e. The summed E-state index contributed by atoms with van der Waals surface area (Å²) in [6.07, 6.45) is 1.02. The minimum atomic E-state index is 0.306. The number of halogens is 1. The predicted octanol–water partition coefficient (Wildman–Crippen LogP) is 4.34. The molecule has 0 fully saturated rings. The van der Waals surface area contributed by atoms with Gasteiger partial charge in [0.2, 0.25) is 0 Å². The standard InChI is InChI=1S/C15H11ClN2S/c1-8-6-12-13(16)17-14(18-15(12)19-8)11-7-9-4-2-3-5-10(9)11/h2-6,11H,7H2,1H3. The van der Waals surface area contributed by atoms with Crippen LogP contribution in [-0.2, 0) is 6.42 Å². The number of hydrogen-bond donors (Lipinski definition) is 0. The summed E-state index contributed by atoms with van der Waals surface area (Å²) in [5.41, 5.74) is 2.74. The van der Waals surface area contributed by atoms with Crippen molar-refractivity contribution in [2.24, 2.45) is 0 Å². The van der Waals surface area contributed by atoms with E-state index in [2.05, 4.69) is 42.2 Å². The van der Waals surface area contributed by atoms with Crippen molar-refractivity contribution in [3.05, 3.63) is 57.3 Å². The molecule has 2 heterocycles. The van der Waals surface area contributed by atoms with Gasteiger partial charge in [0.05, 0.1) is 0 Å². The van der Waals surface area contributed by atoms with Crippen LogP contribution in [0.15, 0.2) is 30.3 Å². The minimum Gasteiger partial charge on any atom is -0.221 e. The van der Waals surface area contributed by atoms with Crippen molar-refractivity contribution >= 4 is 33.2 Å². The van der Waals surface area contributed by atoms with E-state index in [0.29, 0.717) is 11.1 Å². The molecule has 0 spiro atoms. The molecule has 0 bridgehead atoms. The molecule has 0 N–H and O–H groups in total. The molecule has 19 heavy (non-hydrogen) atoms. The fourth-order valence-electron chi connectivity index (χ4n) is 2.67. The lowest BCUT2D eigenvalue weighted by Gasteiger charge is -2.28. The van der Waals surface area contributed by atoms with Crippen molar-refractivity contribution in [1.82, 2.24) is 9.97 Å². The molecule has 0 saturated carbocycles. The Kier molecular flexibility index (Phi) is 2.41. The summed E-state index contributed by atoms with van der Waals surface area (Å²) < 4.78 is 0. The Morgan fingerprint density at radius 2 is 2.11 bits per heavy atom. The van der Waals surface area contributed by atoms with Crippen LogP contribution >= 0.6 is 22.9 Å². The maximum atomic E-state index is 6.28. The predicted molar refractivity (Wildman–Crippen MR) is 79.2 cm³/mol. The molecule has 1 aromatic carbocycles. The summed E-state index contributed by atoms with van der Waals surface area (Å²) >= 11 is 7.96. The number of thiophene rings is 1. The van der Waals surface area contributed by atoms with Crippen LogP contribution < -0.4 is 0 Å². The molecule has 0 radical (unpaired) electrons. The van der Waals surface area contributed by atoms with Crippen LogP contribution in [0, 0.1) is 6.92 Å². The molecule has 0 saturated heterocycles. The Hall–Kier alpha value is -1.45. The van der Waals surface area contributed by atoms with Gasteiger partial charge < -0.3 is 0 Å². The van der Waals surface area contributed by atoms with E-state index in [1.54, 1.807) is 11.3 Å². The SMILES string of the molecule is Cc1cc2c(Cl)nc(C3Cc4ccccc43)nc2s1. The first-order chi connectivity index (χ1) is 9.22. The molecule has 4 heteroatoms. The van der Waals surface area contributed by atoms with E-state index < -0.39 is 0 Å². The zero-order chi connectivity index (χ0) is 13.0. The Morgan fingerprint density at radius 1 is 1.26 bits per heavy atom. The molecular weight excluding hydrogens is 276 g/mol. The third kappa shape index (κ3) is 1.69. The van der Waals surface area contributed by atoms with Crippen LogP contribution in [0.4, 0.5) is 0 Å². The van der Waals surface area contributed by atoms with E-state index in [0.717, 1.165) is 22.5 Å². The van der Waals surface area contributed by atoms with Gasteiger partial charge in [0.15, 0.2) is 0 Å². The third-order valence-electron chi connectivity index (χ3n) is 3.65. The fourth-order valence-corrected chi connectivity index (χ4v) is 3.84. The molecule has 0 amide bonds. The number of rotatable bonds is 1. The van der Waals surface area contributed by atoms with Crippen LogP contribution in [0.3, 0.4) is 0 Å². The number of fused-ring (bicyclic) bond motifs is 2. The quantitative estimate of drug-likeness (QED) is 0.622. The molecule has 1 aliphatic carbocycles. The largest absolute Gasteiger partial charge is 0.221 e. The highest BCUT2D eigenvalue weighted by Gasteiger charge is 2.30. The molecule has 0 aliphatic heterocycles. The lowest BCUT2D eigenvalue weighted by Crippen LogP contribution is -2.20. The van der Waals surface area contributed by atoms with Gasteiger partial charge in [0.1, 0.15) is 15.8 Å². The topological polar surface area (TPSA) is 25.8 Å².